The number of H-pyrrole nitrogens is 1. The van der Waals surface area contributed by atoms with Crippen molar-refractivity contribution >= 4 is 16.6 Å². The molecule has 0 spiro atoms. The lowest BCUT2D eigenvalue weighted by atomic mass is 9.72. The van der Waals surface area contributed by atoms with E-state index in [0.29, 0.717) is 51.9 Å². The molecule has 7 rings (SSSR count). The number of halogens is 3. The normalized spacial score (nSPS) is 19.7. The molecule has 1 saturated carbocycles. The molecule has 1 N–H and O–H groups in total. The number of hydrogen-bond donors (Lipinski definition) is 1. The SMILES string of the molecule is C[C@H]1CCCN(Cc2nc(C(F)(F)F)cc3c(-c4cc([C@H](c5nncn5C)C5CCC5)cn5ccnc45)n[nH]c23)C1. The number of piperidine rings is 1. The number of aromatic nitrogens is 8. The molecule has 2 fully saturated rings. The Balaban J connectivity index is 1.39. The average molecular weight is 564 g/mol. The third-order valence-corrected chi connectivity index (χ3v) is 8.80. The van der Waals surface area contributed by atoms with Gasteiger partial charge in [0.2, 0.25) is 0 Å². The Morgan fingerprint density at radius 1 is 1.15 bits per heavy atom. The van der Waals surface area contributed by atoms with Crippen molar-refractivity contribution in [3.8, 4) is 11.3 Å². The summed E-state index contributed by atoms with van der Waals surface area (Å²) in [6.45, 7) is 4.19. The third-order valence-electron chi connectivity index (χ3n) is 8.80. The number of pyridine rings is 2. The van der Waals surface area contributed by atoms with Crippen molar-refractivity contribution in [2.75, 3.05) is 13.1 Å². The molecule has 214 valence electrons. The van der Waals surface area contributed by atoms with Crippen LogP contribution in [0.2, 0.25) is 0 Å². The lowest BCUT2D eigenvalue weighted by Gasteiger charge is -2.33. The van der Waals surface area contributed by atoms with Crippen LogP contribution in [0.25, 0.3) is 27.8 Å². The fourth-order valence-corrected chi connectivity index (χ4v) is 6.57. The lowest BCUT2D eigenvalue weighted by Crippen LogP contribution is -2.34. The average Bonchev–Trinajstić information content (AvgIpc) is 3.65. The number of aromatic amines is 1. The summed E-state index contributed by atoms with van der Waals surface area (Å²) in [7, 11) is 1.94. The van der Waals surface area contributed by atoms with Gasteiger partial charge in [-0.25, -0.2) is 9.97 Å². The van der Waals surface area contributed by atoms with Gasteiger partial charge in [-0.15, -0.1) is 10.2 Å². The monoisotopic (exact) mass is 563 g/mol. The Kier molecular flexibility index (Phi) is 6.33. The molecule has 0 aromatic carbocycles. The van der Waals surface area contributed by atoms with Gasteiger partial charge in [-0.1, -0.05) is 13.3 Å². The maximum atomic E-state index is 14.1. The molecule has 0 radical (unpaired) electrons. The number of nitrogens with one attached hydrogen (secondary N) is 1. The molecule has 12 heteroatoms. The van der Waals surface area contributed by atoms with Gasteiger partial charge >= 0.3 is 6.18 Å². The van der Waals surface area contributed by atoms with Gasteiger partial charge in [0.25, 0.3) is 0 Å². The van der Waals surface area contributed by atoms with Crippen LogP contribution in [0, 0.1) is 11.8 Å². The van der Waals surface area contributed by atoms with Gasteiger partial charge in [-0.05, 0) is 61.8 Å². The van der Waals surface area contributed by atoms with Crippen LogP contribution in [0.15, 0.2) is 37.1 Å². The van der Waals surface area contributed by atoms with Gasteiger partial charge < -0.3 is 8.97 Å². The number of nitrogens with zero attached hydrogens (tertiary/aromatic N) is 8. The Morgan fingerprint density at radius 2 is 2.00 bits per heavy atom. The number of alkyl halides is 3. The fraction of sp³-hybridized carbons (Fsp3) is 0.483. The van der Waals surface area contributed by atoms with Gasteiger partial charge in [0.05, 0.1) is 11.2 Å². The first kappa shape index (κ1) is 26.1. The summed E-state index contributed by atoms with van der Waals surface area (Å²) in [5, 5.41) is 16.6. The molecular formula is C29H32F3N9. The van der Waals surface area contributed by atoms with E-state index in [1.54, 1.807) is 12.5 Å². The molecule has 5 aromatic rings. The summed E-state index contributed by atoms with van der Waals surface area (Å²) in [5.74, 6) is 1.77. The number of hydrogen-bond acceptors (Lipinski definition) is 6. The standard InChI is InChI=1S/C29H32F3N9/c1-17-5-4-9-40(13-17)15-22-26-20(12-23(35-22)29(30,31)32)25(36-37-26)21-11-19(14-41-10-8-33-27(21)41)24(18-6-3-7-18)28-38-34-16-39(28)2/h8,10-12,14,16-18,24H,3-7,9,13,15H2,1-2H3,(H,36,37)/t17-,24+/m0/s1. The molecule has 1 aliphatic heterocycles. The Bertz CT molecular complexity index is 1710. The van der Waals surface area contributed by atoms with E-state index in [1.807, 2.05) is 34.5 Å². The van der Waals surface area contributed by atoms with E-state index >= 15 is 0 Å². The summed E-state index contributed by atoms with van der Waals surface area (Å²) < 4.78 is 46.3. The maximum absolute atomic E-state index is 14.1. The zero-order valence-electron chi connectivity index (χ0n) is 23.1. The van der Waals surface area contributed by atoms with Crippen LogP contribution in [0.3, 0.4) is 0 Å². The second kappa shape index (κ2) is 9.93. The highest BCUT2D eigenvalue weighted by molar-refractivity contribution is 5.97. The van der Waals surface area contributed by atoms with Crippen LogP contribution in [-0.2, 0) is 19.8 Å². The summed E-state index contributed by atoms with van der Waals surface area (Å²) in [5.41, 5.74) is 2.73. The molecule has 0 bridgehead atoms. The van der Waals surface area contributed by atoms with Crippen molar-refractivity contribution in [3.05, 3.63) is 59.8 Å². The molecule has 2 aliphatic rings. The fourth-order valence-electron chi connectivity index (χ4n) is 6.57. The summed E-state index contributed by atoms with van der Waals surface area (Å²) in [6.07, 6.45) is 8.20. The van der Waals surface area contributed by atoms with Crippen LogP contribution in [0.5, 0.6) is 0 Å². The largest absolute Gasteiger partial charge is 0.433 e. The van der Waals surface area contributed by atoms with Gasteiger partial charge in [0.15, 0.2) is 0 Å². The molecule has 1 aliphatic carbocycles. The van der Waals surface area contributed by atoms with Gasteiger partial charge in [-0.2, -0.15) is 18.3 Å². The van der Waals surface area contributed by atoms with Crippen LogP contribution in [0.1, 0.15) is 67.7 Å². The van der Waals surface area contributed by atoms with Crippen molar-refractivity contribution in [2.45, 2.75) is 57.7 Å². The van der Waals surface area contributed by atoms with E-state index in [4.69, 9.17) is 0 Å². The zero-order chi connectivity index (χ0) is 28.3. The van der Waals surface area contributed by atoms with E-state index in [1.165, 1.54) is 0 Å². The van der Waals surface area contributed by atoms with Crippen LogP contribution >= 0.6 is 0 Å². The molecule has 1 saturated heterocycles. The second-order valence-corrected chi connectivity index (χ2v) is 11.7. The van der Waals surface area contributed by atoms with Crippen molar-refractivity contribution < 1.29 is 13.2 Å². The van der Waals surface area contributed by atoms with E-state index in [-0.39, 0.29) is 5.92 Å². The summed E-state index contributed by atoms with van der Waals surface area (Å²) >= 11 is 0. The van der Waals surface area contributed by atoms with Crippen molar-refractivity contribution in [1.29, 1.82) is 0 Å². The third kappa shape index (κ3) is 4.67. The Hall–Kier alpha value is -3.80. The Morgan fingerprint density at radius 3 is 2.71 bits per heavy atom. The highest BCUT2D eigenvalue weighted by atomic mass is 19.4. The highest BCUT2D eigenvalue weighted by Gasteiger charge is 2.36. The van der Waals surface area contributed by atoms with Gasteiger partial charge in [-0.3, -0.25) is 10.00 Å². The first-order valence-corrected chi connectivity index (χ1v) is 14.2. The summed E-state index contributed by atoms with van der Waals surface area (Å²) in [6, 6.07) is 3.14. The number of likely N-dealkylation sites (tertiary alicyclic amines) is 1. The smallest absolute Gasteiger partial charge is 0.320 e. The number of rotatable bonds is 6. The molecule has 41 heavy (non-hydrogen) atoms. The highest BCUT2D eigenvalue weighted by Crippen LogP contribution is 2.44. The molecule has 5 aromatic heterocycles. The molecule has 6 heterocycles. The lowest BCUT2D eigenvalue weighted by molar-refractivity contribution is -0.141. The van der Waals surface area contributed by atoms with Crippen LogP contribution in [-0.4, -0.2) is 57.3 Å². The maximum Gasteiger partial charge on any atom is 0.433 e. The first-order valence-electron chi connectivity index (χ1n) is 14.2. The number of aryl methyl sites for hydroxylation is 1. The van der Waals surface area contributed by atoms with Gasteiger partial charge in [0, 0.05) is 55.6 Å². The van der Waals surface area contributed by atoms with E-state index in [0.717, 1.165) is 62.6 Å². The number of fused-ring (bicyclic) bond motifs is 2. The number of imidazole rings is 1. The van der Waals surface area contributed by atoms with Crippen molar-refractivity contribution in [1.82, 2.24) is 44.2 Å². The predicted octanol–water partition coefficient (Wildman–Crippen LogP) is 5.58. The van der Waals surface area contributed by atoms with Crippen molar-refractivity contribution in [3.63, 3.8) is 0 Å². The first-order chi connectivity index (χ1) is 19.8. The minimum absolute atomic E-state index is 0.00365. The molecule has 2 atom stereocenters. The summed E-state index contributed by atoms with van der Waals surface area (Å²) in [4.78, 5) is 10.9. The van der Waals surface area contributed by atoms with Crippen LogP contribution < -0.4 is 0 Å². The van der Waals surface area contributed by atoms with E-state index < -0.39 is 11.9 Å². The molecule has 9 nitrogen and oxygen atoms in total. The topological polar surface area (TPSA) is 92.8 Å². The molecular weight excluding hydrogens is 531 g/mol. The van der Waals surface area contributed by atoms with Crippen LogP contribution in [0.4, 0.5) is 13.2 Å². The minimum atomic E-state index is -4.59. The second-order valence-electron chi connectivity index (χ2n) is 11.7. The Labute approximate surface area is 234 Å². The quantitative estimate of drug-likeness (QED) is 0.290. The molecule has 0 unspecified atom stereocenters. The zero-order valence-corrected chi connectivity index (χ0v) is 23.1. The molecule has 0 amide bonds. The van der Waals surface area contributed by atoms with E-state index in [9.17, 15) is 13.2 Å². The van der Waals surface area contributed by atoms with Gasteiger partial charge in [0.1, 0.15) is 29.2 Å². The van der Waals surface area contributed by atoms with E-state index in [2.05, 4.69) is 42.2 Å². The predicted molar refractivity (Wildman–Crippen MR) is 147 cm³/mol. The minimum Gasteiger partial charge on any atom is -0.320 e. The van der Waals surface area contributed by atoms with Crippen molar-refractivity contribution in [2.24, 2.45) is 18.9 Å².